The van der Waals surface area contributed by atoms with E-state index in [1.54, 1.807) is 42.5 Å². The summed E-state index contributed by atoms with van der Waals surface area (Å²) in [5.41, 5.74) is 6.74. The summed E-state index contributed by atoms with van der Waals surface area (Å²) in [6.45, 7) is 0.507. The second-order valence-corrected chi connectivity index (χ2v) is 11.2. The van der Waals surface area contributed by atoms with Crippen LogP contribution in [0.3, 0.4) is 0 Å². The predicted molar refractivity (Wildman–Crippen MR) is 164 cm³/mol. The topological polar surface area (TPSA) is 113 Å². The molecule has 11 heteroatoms. The predicted octanol–water partition coefficient (Wildman–Crippen LogP) is 7.23. The van der Waals surface area contributed by atoms with E-state index in [-0.39, 0.29) is 29.5 Å². The van der Waals surface area contributed by atoms with Crippen molar-refractivity contribution in [2.24, 2.45) is 11.7 Å². The van der Waals surface area contributed by atoms with E-state index in [4.69, 9.17) is 5.73 Å². The highest BCUT2D eigenvalue weighted by Gasteiger charge is 2.37. The van der Waals surface area contributed by atoms with Crippen molar-refractivity contribution in [2.75, 3.05) is 11.9 Å². The van der Waals surface area contributed by atoms with Crippen molar-refractivity contribution in [2.45, 2.75) is 31.6 Å². The van der Waals surface area contributed by atoms with Crippen LogP contribution in [0.5, 0.6) is 0 Å². The van der Waals surface area contributed by atoms with Gasteiger partial charge in [-0.3, -0.25) is 9.69 Å². The standard InChI is InChI=1S/C34H30F3N5O3/c35-34(36,37)30-18-29(42(40-30)28-10-3-5-22(15-28)19-38)32(43)39-27-9-4-8-25(17-27)31(41(33(44)45)20-21-11-12-21)26-14-13-23-6-1-2-7-24(23)16-26/h1-10,13-18,21,31H,11-12,19-20,38H2,(H,39,43)(H,44,45). The van der Waals surface area contributed by atoms with Gasteiger partial charge in [0.25, 0.3) is 5.91 Å². The Hall–Kier alpha value is -5.16. The Balaban J connectivity index is 1.37. The maximum absolute atomic E-state index is 13.7. The Morgan fingerprint density at radius 1 is 0.933 bits per heavy atom. The summed E-state index contributed by atoms with van der Waals surface area (Å²) in [5, 5.41) is 18.7. The molecule has 6 rings (SSSR count). The van der Waals surface area contributed by atoms with Crippen molar-refractivity contribution in [1.29, 1.82) is 0 Å². The van der Waals surface area contributed by atoms with Crippen LogP contribution in [0.4, 0.5) is 23.7 Å². The van der Waals surface area contributed by atoms with Crippen LogP contribution in [-0.4, -0.2) is 38.3 Å². The van der Waals surface area contributed by atoms with Crippen LogP contribution in [0.1, 0.15) is 51.8 Å². The van der Waals surface area contributed by atoms with E-state index in [1.165, 1.54) is 11.0 Å². The summed E-state index contributed by atoms with van der Waals surface area (Å²) in [4.78, 5) is 27.6. The molecule has 5 aromatic rings. The Bertz CT molecular complexity index is 1880. The smallest absolute Gasteiger partial charge is 0.435 e. The molecule has 45 heavy (non-hydrogen) atoms. The average molecular weight is 614 g/mol. The number of hydrogen-bond donors (Lipinski definition) is 3. The minimum Gasteiger partial charge on any atom is -0.465 e. The molecule has 1 unspecified atom stereocenters. The molecule has 4 N–H and O–H groups in total. The highest BCUT2D eigenvalue weighted by atomic mass is 19.4. The van der Waals surface area contributed by atoms with Crippen LogP contribution >= 0.6 is 0 Å². The number of fused-ring (bicyclic) bond motifs is 1. The molecular weight excluding hydrogens is 583 g/mol. The zero-order valence-electron chi connectivity index (χ0n) is 24.0. The SMILES string of the molecule is NCc1cccc(-n2nc(C(F)(F)F)cc2C(=O)Nc2cccc(C(c3ccc4ccccc4c3)N(CC3CC3)C(=O)O)c2)c1. The molecule has 0 bridgehead atoms. The third-order valence-corrected chi connectivity index (χ3v) is 7.88. The Morgan fingerprint density at radius 3 is 2.38 bits per heavy atom. The quantitative estimate of drug-likeness (QED) is 0.162. The van der Waals surface area contributed by atoms with Gasteiger partial charge in [-0.25, -0.2) is 9.48 Å². The number of nitrogens with two attached hydrogens (primary N) is 1. The highest BCUT2D eigenvalue weighted by molar-refractivity contribution is 6.03. The monoisotopic (exact) mass is 613 g/mol. The maximum Gasteiger partial charge on any atom is 0.435 e. The molecule has 1 aliphatic carbocycles. The molecule has 0 saturated heterocycles. The van der Waals surface area contributed by atoms with Gasteiger partial charge in [0.15, 0.2) is 5.69 Å². The number of alkyl halides is 3. The third-order valence-electron chi connectivity index (χ3n) is 7.88. The zero-order valence-corrected chi connectivity index (χ0v) is 24.0. The number of amides is 2. The lowest BCUT2D eigenvalue weighted by atomic mass is 9.94. The number of aromatic nitrogens is 2. The van der Waals surface area contributed by atoms with E-state index >= 15 is 0 Å². The van der Waals surface area contributed by atoms with Gasteiger partial charge in [-0.2, -0.15) is 18.3 Å². The van der Waals surface area contributed by atoms with Crippen LogP contribution in [-0.2, 0) is 12.7 Å². The molecule has 1 aliphatic rings. The van der Waals surface area contributed by atoms with Gasteiger partial charge in [-0.1, -0.05) is 60.7 Å². The first kappa shape index (κ1) is 29.9. The number of nitrogens with one attached hydrogen (secondary N) is 1. The number of carbonyl (C=O) groups is 2. The van der Waals surface area contributed by atoms with E-state index in [1.807, 2.05) is 42.5 Å². The van der Waals surface area contributed by atoms with Crippen molar-refractivity contribution < 1.29 is 27.9 Å². The van der Waals surface area contributed by atoms with Crippen LogP contribution in [0.2, 0.25) is 0 Å². The Labute approximate surface area is 256 Å². The molecule has 2 amide bonds. The van der Waals surface area contributed by atoms with E-state index < -0.39 is 29.9 Å². The number of carboxylic acid groups (broad SMARTS) is 1. The molecule has 1 heterocycles. The van der Waals surface area contributed by atoms with Crippen molar-refractivity contribution in [3.8, 4) is 5.69 Å². The lowest BCUT2D eigenvalue weighted by Crippen LogP contribution is -2.36. The molecule has 0 spiro atoms. The average Bonchev–Trinajstić information content (AvgIpc) is 3.73. The Kier molecular flexibility index (Phi) is 8.03. The normalized spacial score (nSPS) is 13.9. The van der Waals surface area contributed by atoms with E-state index in [2.05, 4.69) is 10.4 Å². The minimum absolute atomic E-state index is 0.155. The molecule has 1 fully saturated rings. The molecule has 1 atom stereocenters. The number of nitrogens with zero attached hydrogens (tertiary/aromatic N) is 3. The summed E-state index contributed by atoms with van der Waals surface area (Å²) >= 11 is 0. The van der Waals surface area contributed by atoms with Crippen LogP contribution in [0.25, 0.3) is 16.5 Å². The fraction of sp³-hybridized carbons (Fsp3) is 0.206. The van der Waals surface area contributed by atoms with Crippen LogP contribution in [0, 0.1) is 5.92 Å². The van der Waals surface area contributed by atoms with Gasteiger partial charge >= 0.3 is 12.3 Å². The van der Waals surface area contributed by atoms with Gasteiger partial charge in [0.05, 0.1) is 11.7 Å². The van der Waals surface area contributed by atoms with Crippen molar-refractivity contribution >= 4 is 28.5 Å². The van der Waals surface area contributed by atoms with E-state index in [0.29, 0.717) is 23.7 Å². The lowest BCUT2D eigenvalue weighted by molar-refractivity contribution is -0.141. The van der Waals surface area contributed by atoms with Gasteiger partial charge in [0, 0.05) is 24.8 Å². The van der Waals surface area contributed by atoms with Gasteiger partial charge in [-0.15, -0.1) is 0 Å². The number of anilines is 1. The first-order chi connectivity index (χ1) is 21.6. The van der Waals surface area contributed by atoms with Gasteiger partial charge < -0.3 is 16.2 Å². The molecule has 0 radical (unpaired) electrons. The Morgan fingerprint density at radius 2 is 1.67 bits per heavy atom. The van der Waals surface area contributed by atoms with Gasteiger partial charge in [0.2, 0.25) is 0 Å². The van der Waals surface area contributed by atoms with Crippen LogP contribution < -0.4 is 11.1 Å². The molecular formula is C34H30F3N5O3. The number of halogens is 3. The molecule has 230 valence electrons. The number of benzene rings is 4. The minimum atomic E-state index is -4.78. The third kappa shape index (κ3) is 6.53. The van der Waals surface area contributed by atoms with Gasteiger partial charge in [-0.05, 0) is 76.6 Å². The summed E-state index contributed by atoms with van der Waals surface area (Å²) < 4.78 is 42.0. The maximum atomic E-state index is 13.7. The fourth-order valence-corrected chi connectivity index (χ4v) is 5.48. The van der Waals surface area contributed by atoms with Crippen molar-refractivity contribution in [1.82, 2.24) is 14.7 Å². The molecule has 1 aromatic heterocycles. The number of rotatable bonds is 9. The largest absolute Gasteiger partial charge is 0.465 e. The molecule has 1 saturated carbocycles. The first-order valence-electron chi connectivity index (χ1n) is 14.5. The fourth-order valence-electron chi connectivity index (χ4n) is 5.48. The van der Waals surface area contributed by atoms with E-state index in [9.17, 15) is 27.9 Å². The second-order valence-electron chi connectivity index (χ2n) is 11.2. The zero-order chi connectivity index (χ0) is 31.7. The first-order valence-corrected chi connectivity index (χ1v) is 14.5. The summed E-state index contributed by atoms with van der Waals surface area (Å²) in [5.74, 6) is -0.545. The molecule has 8 nitrogen and oxygen atoms in total. The van der Waals surface area contributed by atoms with Crippen LogP contribution in [0.15, 0.2) is 97.1 Å². The highest BCUT2D eigenvalue weighted by Crippen LogP contribution is 2.37. The number of hydrogen-bond acceptors (Lipinski definition) is 4. The number of carbonyl (C=O) groups excluding carboxylic acids is 1. The van der Waals surface area contributed by atoms with Gasteiger partial charge in [0.1, 0.15) is 5.69 Å². The van der Waals surface area contributed by atoms with Crippen molar-refractivity contribution in [3.63, 3.8) is 0 Å². The lowest BCUT2D eigenvalue weighted by Gasteiger charge is -2.31. The summed E-state index contributed by atoms with van der Waals surface area (Å²) in [6.07, 6.45) is -3.95. The van der Waals surface area contributed by atoms with E-state index in [0.717, 1.165) is 33.9 Å². The molecule has 0 aliphatic heterocycles. The molecule has 4 aromatic carbocycles. The summed E-state index contributed by atoms with van der Waals surface area (Å²) in [6, 6.07) is 26.8. The van der Waals surface area contributed by atoms with Crippen molar-refractivity contribution in [3.05, 3.63) is 125 Å². The summed E-state index contributed by atoms with van der Waals surface area (Å²) in [7, 11) is 0. The second kappa shape index (κ2) is 12.1.